The smallest absolute Gasteiger partial charge is 0.305 e. The number of hydrogen-bond donors (Lipinski definition) is 0. The Morgan fingerprint density at radius 2 is 1.80 bits per heavy atom. The summed E-state index contributed by atoms with van der Waals surface area (Å²) < 4.78 is 40.5. The van der Waals surface area contributed by atoms with Crippen LogP contribution >= 0.6 is 0 Å². The van der Waals surface area contributed by atoms with Gasteiger partial charge in [-0.05, 0) is 57.0 Å². The van der Waals surface area contributed by atoms with Gasteiger partial charge in [0.25, 0.3) is 0 Å². The Balaban J connectivity index is 1.72. The summed E-state index contributed by atoms with van der Waals surface area (Å²) in [6.45, 7) is 6.06. The lowest BCUT2D eigenvalue weighted by Gasteiger charge is -2.34. The minimum absolute atomic E-state index is 0.0803. The number of benzene rings is 1. The third-order valence-electron chi connectivity index (χ3n) is 6.36. The van der Waals surface area contributed by atoms with Gasteiger partial charge in [-0.1, -0.05) is 18.2 Å². The molecule has 0 radical (unpaired) electrons. The van der Waals surface area contributed by atoms with Gasteiger partial charge in [0.1, 0.15) is 0 Å². The number of nitrogens with zero attached hydrogens (tertiary/aromatic N) is 2. The van der Waals surface area contributed by atoms with E-state index in [1.807, 2.05) is 49.6 Å². The minimum atomic E-state index is -3.79. The summed E-state index contributed by atoms with van der Waals surface area (Å²) in [4.78, 5) is 25.5. The maximum atomic E-state index is 13.7. The number of aryl methyl sites for hydroxylation is 1. The van der Waals surface area contributed by atoms with E-state index in [-0.39, 0.29) is 48.4 Å². The molecule has 0 amide bonds. The molecule has 0 aliphatic carbocycles. The quantitative estimate of drug-likeness (QED) is 0.366. The number of ketones is 1. The van der Waals surface area contributed by atoms with Gasteiger partial charge >= 0.3 is 5.97 Å². The lowest BCUT2D eigenvalue weighted by molar-refractivity contribution is -0.140. The van der Waals surface area contributed by atoms with Crippen LogP contribution < -0.4 is 0 Å². The fourth-order valence-electron chi connectivity index (χ4n) is 4.73. The molecule has 1 aliphatic heterocycles. The maximum absolute atomic E-state index is 13.7. The van der Waals surface area contributed by atoms with Gasteiger partial charge in [-0.3, -0.25) is 9.59 Å². The molecule has 0 spiro atoms. The molecule has 0 saturated carbocycles. The first-order valence-corrected chi connectivity index (χ1v) is 13.0. The summed E-state index contributed by atoms with van der Waals surface area (Å²) in [5, 5.41) is 0. The lowest BCUT2D eigenvalue weighted by atomic mass is 9.99. The van der Waals surface area contributed by atoms with Gasteiger partial charge in [-0.2, -0.15) is 4.31 Å². The zero-order chi connectivity index (χ0) is 25.3. The fourth-order valence-corrected chi connectivity index (χ4v) is 6.37. The van der Waals surface area contributed by atoms with E-state index < -0.39 is 10.0 Å². The van der Waals surface area contributed by atoms with Crippen molar-refractivity contribution in [1.82, 2.24) is 8.71 Å². The summed E-state index contributed by atoms with van der Waals surface area (Å²) in [6.07, 6.45) is 2.04. The lowest BCUT2D eigenvalue weighted by Crippen LogP contribution is -2.48. The van der Waals surface area contributed by atoms with Crippen LogP contribution in [-0.4, -0.2) is 61.3 Å². The molecule has 3 aromatic rings. The molecule has 35 heavy (non-hydrogen) atoms. The number of aromatic nitrogens is 1. The number of carbonyl (C=O) groups excluding carboxylic acids is 2. The van der Waals surface area contributed by atoms with E-state index in [0.717, 1.165) is 11.3 Å². The van der Waals surface area contributed by atoms with E-state index in [1.54, 1.807) is 12.1 Å². The first kappa shape index (κ1) is 25.1. The Morgan fingerprint density at radius 1 is 1.09 bits per heavy atom. The highest BCUT2D eigenvalue weighted by Gasteiger charge is 2.33. The van der Waals surface area contributed by atoms with E-state index >= 15 is 0 Å². The Labute approximate surface area is 205 Å². The highest BCUT2D eigenvalue weighted by molar-refractivity contribution is 7.89. The van der Waals surface area contributed by atoms with E-state index in [0.29, 0.717) is 23.1 Å². The second-order valence-corrected chi connectivity index (χ2v) is 10.9. The van der Waals surface area contributed by atoms with Crippen LogP contribution in [0.2, 0.25) is 0 Å². The second-order valence-electron chi connectivity index (χ2n) is 8.92. The maximum Gasteiger partial charge on any atom is 0.305 e. The molecule has 1 fully saturated rings. The number of morpholine rings is 1. The third kappa shape index (κ3) is 4.89. The van der Waals surface area contributed by atoms with Crippen LogP contribution in [0.3, 0.4) is 0 Å². The van der Waals surface area contributed by atoms with Gasteiger partial charge in [0.15, 0.2) is 5.78 Å². The van der Waals surface area contributed by atoms with Crippen molar-refractivity contribution in [3.8, 4) is 0 Å². The van der Waals surface area contributed by atoms with Crippen LogP contribution in [0.4, 0.5) is 0 Å². The Bertz CT molecular complexity index is 1370. The summed E-state index contributed by atoms with van der Waals surface area (Å²) in [6, 6.07) is 11.7. The number of sulfonamides is 1. The monoisotopic (exact) mass is 498 g/mol. The Kier molecular flexibility index (Phi) is 7.12. The van der Waals surface area contributed by atoms with E-state index in [1.165, 1.54) is 23.5 Å². The average Bonchev–Trinajstić information content (AvgIpc) is 3.12. The highest BCUT2D eigenvalue weighted by Crippen LogP contribution is 2.28. The zero-order valence-electron chi connectivity index (χ0n) is 20.4. The molecular formula is C26H30N2O6S. The highest BCUT2D eigenvalue weighted by atomic mass is 32.2. The standard InChI is InChI=1S/C26H30N2O6S/c1-17-15-27(16-18(2)34-17)35(31,32)21-9-7-8-20(14-21)26(30)25-19(3)22(11-12-24(29)33-4)28-13-6-5-10-23(25)28/h5-10,13-14,17-18H,11-12,15-16H2,1-4H3/t17-,18-/m1/s1. The minimum Gasteiger partial charge on any atom is -0.469 e. The molecular weight excluding hydrogens is 468 g/mol. The van der Waals surface area contributed by atoms with Crippen molar-refractivity contribution in [3.05, 3.63) is 71.0 Å². The predicted octanol–water partition coefficient (Wildman–Crippen LogP) is 3.38. The molecule has 9 heteroatoms. The van der Waals surface area contributed by atoms with E-state index in [4.69, 9.17) is 9.47 Å². The zero-order valence-corrected chi connectivity index (χ0v) is 21.2. The summed E-state index contributed by atoms with van der Waals surface area (Å²) in [5.41, 5.74) is 3.09. The van der Waals surface area contributed by atoms with E-state index in [2.05, 4.69) is 0 Å². The number of fused-ring (bicyclic) bond motifs is 1. The summed E-state index contributed by atoms with van der Waals surface area (Å²) in [7, 11) is -2.44. The van der Waals surface area contributed by atoms with Crippen LogP contribution in [0.5, 0.6) is 0 Å². The van der Waals surface area contributed by atoms with Crippen LogP contribution in [-0.2, 0) is 30.7 Å². The average molecular weight is 499 g/mol. The number of hydrogen-bond acceptors (Lipinski definition) is 6. The van der Waals surface area contributed by atoms with Crippen molar-refractivity contribution in [2.45, 2.75) is 50.7 Å². The third-order valence-corrected chi connectivity index (χ3v) is 8.18. The van der Waals surface area contributed by atoms with Gasteiger partial charge < -0.3 is 13.9 Å². The van der Waals surface area contributed by atoms with Crippen LogP contribution in [0.1, 0.15) is 47.4 Å². The predicted molar refractivity (Wildman–Crippen MR) is 131 cm³/mol. The van der Waals surface area contributed by atoms with E-state index in [9.17, 15) is 18.0 Å². The van der Waals surface area contributed by atoms with Gasteiger partial charge in [0.05, 0.1) is 41.7 Å². The van der Waals surface area contributed by atoms with Crippen molar-refractivity contribution in [3.63, 3.8) is 0 Å². The molecule has 8 nitrogen and oxygen atoms in total. The van der Waals surface area contributed by atoms with Gasteiger partial charge in [-0.25, -0.2) is 8.42 Å². The van der Waals surface area contributed by atoms with Crippen LogP contribution in [0.25, 0.3) is 5.52 Å². The molecule has 2 atom stereocenters. The molecule has 186 valence electrons. The molecule has 1 aliphatic rings. The fraction of sp³-hybridized carbons (Fsp3) is 0.385. The van der Waals surface area contributed by atoms with Crippen LogP contribution in [0.15, 0.2) is 53.6 Å². The first-order chi connectivity index (χ1) is 16.6. The molecule has 0 bridgehead atoms. The van der Waals surface area contributed by atoms with Gasteiger partial charge in [0, 0.05) is 30.5 Å². The largest absolute Gasteiger partial charge is 0.469 e. The Morgan fingerprint density at radius 3 is 2.49 bits per heavy atom. The van der Waals surface area contributed by atoms with Crippen LogP contribution in [0, 0.1) is 6.92 Å². The normalized spacial score (nSPS) is 19.1. The topological polar surface area (TPSA) is 94.4 Å². The van der Waals surface area contributed by atoms with Crippen molar-refractivity contribution in [2.24, 2.45) is 0 Å². The SMILES string of the molecule is COC(=O)CCc1c(C)c(C(=O)c2cccc(S(=O)(=O)N3C[C@@H](C)O[C@H](C)C3)c2)c2ccccn12. The molecule has 0 N–H and O–H groups in total. The van der Waals surface area contributed by atoms with Gasteiger partial charge in [0.2, 0.25) is 10.0 Å². The number of ether oxygens (including phenoxy) is 2. The van der Waals surface area contributed by atoms with Crippen molar-refractivity contribution < 1.29 is 27.5 Å². The van der Waals surface area contributed by atoms with Crippen molar-refractivity contribution in [1.29, 1.82) is 0 Å². The molecule has 0 unspecified atom stereocenters. The van der Waals surface area contributed by atoms with Crippen molar-refractivity contribution >= 4 is 27.3 Å². The second kappa shape index (κ2) is 9.93. The number of carbonyl (C=O) groups is 2. The molecule has 2 aromatic heterocycles. The Hall–Kier alpha value is -3.01. The van der Waals surface area contributed by atoms with Gasteiger partial charge in [-0.15, -0.1) is 0 Å². The first-order valence-electron chi connectivity index (χ1n) is 11.6. The molecule has 3 heterocycles. The number of methoxy groups -OCH3 is 1. The number of rotatable bonds is 7. The molecule has 4 rings (SSSR count). The number of pyridine rings is 1. The summed E-state index contributed by atoms with van der Waals surface area (Å²) >= 11 is 0. The number of esters is 1. The molecule has 1 saturated heterocycles. The summed E-state index contributed by atoms with van der Waals surface area (Å²) in [5.74, 6) is -0.593. The molecule has 1 aromatic carbocycles. The van der Waals surface area contributed by atoms with Crippen molar-refractivity contribution in [2.75, 3.05) is 20.2 Å².